The van der Waals surface area contributed by atoms with Crippen molar-refractivity contribution in [1.82, 2.24) is 4.90 Å². The second kappa shape index (κ2) is 7.17. The van der Waals surface area contributed by atoms with Crippen LogP contribution in [0.3, 0.4) is 0 Å². The second-order valence-corrected chi connectivity index (χ2v) is 9.23. The quantitative estimate of drug-likeness (QED) is 0.796. The van der Waals surface area contributed by atoms with Crippen molar-refractivity contribution in [3.05, 3.63) is 35.4 Å². The third-order valence-corrected chi connectivity index (χ3v) is 8.10. The number of fused-ring (bicyclic) bond motifs is 3. The van der Waals surface area contributed by atoms with E-state index >= 15 is 0 Å². The zero-order chi connectivity index (χ0) is 19.7. The molecule has 7 heteroatoms. The predicted octanol–water partition coefficient (Wildman–Crippen LogP) is 3.82. The Balaban J connectivity index is 0.00000205. The van der Waals surface area contributed by atoms with Gasteiger partial charge in [-0.25, -0.2) is 8.78 Å². The lowest BCUT2D eigenvalue weighted by molar-refractivity contribution is -0.175. The number of ether oxygens (including phenoxy) is 1. The van der Waals surface area contributed by atoms with Gasteiger partial charge in [-0.3, -0.25) is 9.69 Å². The molecule has 3 aliphatic carbocycles. The van der Waals surface area contributed by atoms with Crippen molar-refractivity contribution < 1.29 is 18.3 Å². The molecule has 1 amide bonds. The Hall–Kier alpha value is -1.24. The SMILES string of the molecule is COC1(c2cccc(C(N)=O)c2)C2CCCC1CN(C1C[C@@H]3[C@H](C1)C3(F)F)C2.Cl. The summed E-state index contributed by atoms with van der Waals surface area (Å²) in [4.78, 5) is 14.2. The molecule has 0 radical (unpaired) electrons. The van der Waals surface area contributed by atoms with Gasteiger partial charge in [-0.15, -0.1) is 12.4 Å². The van der Waals surface area contributed by atoms with Crippen LogP contribution < -0.4 is 5.73 Å². The van der Waals surface area contributed by atoms with Gasteiger partial charge in [-0.1, -0.05) is 18.6 Å². The number of carbonyl (C=O) groups excluding carboxylic acids is 1. The number of benzene rings is 1. The molecule has 4 nitrogen and oxygen atoms in total. The van der Waals surface area contributed by atoms with E-state index in [-0.39, 0.29) is 18.4 Å². The lowest BCUT2D eigenvalue weighted by Gasteiger charge is -2.56. The number of likely N-dealkylation sites (tertiary alicyclic amines) is 1. The van der Waals surface area contributed by atoms with Gasteiger partial charge in [0.25, 0.3) is 5.92 Å². The van der Waals surface area contributed by atoms with Crippen molar-refractivity contribution in [3.63, 3.8) is 0 Å². The molecule has 160 valence electrons. The standard InChI is InChI=1S/C22H28F2N2O2.ClH/c1-28-21(14-5-2-4-13(8-14)20(25)27)15-6-3-7-16(21)12-26(11-15)17-9-18-19(10-17)22(18,23)24;/h2,4-5,8,15-19H,3,6-7,9-12H2,1H3,(H2,25,27);1H/t15?,16?,17?,18-,19+,21?;. The Morgan fingerprint density at radius 2 is 1.79 bits per heavy atom. The van der Waals surface area contributed by atoms with E-state index in [9.17, 15) is 13.6 Å². The molecule has 1 saturated heterocycles. The van der Waals surface area contributed by atoms with Gasteiger partial charge < -0.3 is 10.5 Å². The molecular weight excluding hydrogens is 398 g/mol. The summed E-state index contributed by atoms with van der Waals surface area (Å²) in [6.07, 6.45) is 4.54. The summed E-state index contributed by atoms with van der Waals surface area (Å²) in [7, 11) is 1.77. The topological polar surface area (TPSA) is 55.6 Å². The van der Waals surface area contributed by atoms with E-state index < -0.39 is 29.3 Å². The van der Waals surface area contributed by atoms with Gasteiger partial charge in [0.2, 0.25) is 5.91 Å². The van der Waals surface area contributed by atoms with Crippen LogP contribution in [0.25, 0.3) is 0 Å². The number of methoxy groups -OCH3 is 1. The van der Waals surface area contributed by atoms with Gasteiger partial charge in [0, 0.05) is 55.5 Å². The van der Waals surface area contributed by atoms with Crippen molar-refractivity contribution in [1.29, 1.82) is 0 Å². The van der Waals surface area contributed by atoms with E-state index in [1.54, 1.807) is 13.2 Å². The highest BCUT2D eigenvalue weighted by Gasteiger charge is 2.72. The van der Waals surface area contributed by atoms with Crippen LogP contribution in [0.5, 0.6) is 0 Å². The lowest BCUT2D eigenvalue weighted by atomic mass is 9.62. The maximum Gasteiger partial charge on any atom is 0.254 e. The summed E-state index contributed by atoms with van der Waals surface area (Å²) >= 11 is 0. The van der Waals surface area contributed by atoms with Crippen LogP contribution in [0.15, 0.2) is 24.3 Å². The molecular formula is C22H29ClF2N2O2. The van der Waals surface area contributed by atoms with E-state index in [2.05, 4.69) is 4.90 Å². The smallest absolute Gasteiger partial charge is 0.254 e. The van der Waals surface area contributed by atoms with Gasteiger partial charge >= 0.3 is 0 Å². The van der Waals surface area contributed by atoms with Crippen molar-refractivity contribution in [2.75, 3.05) is 20.2 Å². The van der Waals surface area contributed by atoms with Crippen molar-refractivity contribution in [3.8, 4) is 0 Å². The van der Waals surface area contributed by atoms with Crippen LogP contribution in [0.4, 0.5) is 8.78 Å². The first-order valence-electron chi connectivity index (χ1n) is 10.4. The highest BCUT2D eigenvalue weighted by molar-refractivity contribution is 5.92. The second-order valence-electron chi connectivity index (χ2n) is 9.23. The predicted molar refractivity (Wildman–Crippen MR) is 108 cm³/mol. The molecule has 0 aromatic heterocycles. The number of nitrogens with two attached hydrogens (primary N) is 1. The van der Waals surface area contributed by atoms with Crippen LogP contribution >= 0.6 is 12.4 Å². The molecule has 5 atom stereocenters. The molecule has 1 aromatic rings. The van der Waals surface area contributed by atoms with E-state index in [1.165, 1.54) is 0 Å². The number of hydrogen-bond donors (Lipinski definition) is 1. The fourth-order valence-corrected chi connectivity index (χ4v) is 6.69. The van der Waals surface area contributed by atoms with E-state index in [1.807, 2.05) is 18.2 Å². The molecule has 4 fully saturated rings. The summed E-state index contributed by atoms with van der Waals surface area (Å²) < 4.78 is 33.5. The zero-order valence-corrected chi connectivity index (χ0v) is 17.5. The molecule has 4 aliphatic rings. The maximum absolute atomic E-state index is 13.6. The third kappa shape index (κ3) is 3.02. The highest BCUT2D eigenvalue weighted by atomic mass is 35.5. The number of hydrogen-bond acceptors (Lipinski definition) is 3. The minimum Gasteiger partial charge on any atom is -0.373 e. The first-order chi connectivity index (χ1) is 13.4. The molecule has 2 N–H and O–H groups in total. The molecule has 0 spiro atoms. The molecule has 3 saturated carbocycles. The first kappa shape index (κ1) is 21.0. The van der Waals surface area contributed by atoms with E-state index in [0.29, 0.717) is 30.2 Å². The summed E-state index contributed by atoms with van der Waals surface area (Å²) in [5, 5.41) is 0. The minimum absolute atomic E-state index is 0. The summed E-state index contributed by atoms with van der Waals surface area (Å²) in [6.45, 7) is 1.75. The number of piperidine rings is 1. The van der Waals surface area contributed by atoms with Crippen LogP contribution in [-0.4, -0.2) is 43.0 Å². The minimum atomic E-state index is -2.41. The van der Waals surface area contributed by atoms with Crippen LogP contribution in [0, 0.1) is 23.7 Å². The fourth-order valence-electron chi connectivity index (χ4n) is 6.69. The molecule has 2 bridgehead atoms. The van der Waals surface area contributed by atoms with Crippen LogP contribution in [0.1, 0.15) is 48.0 Å². The van der Waals surface area contributed by atoms with Gasteiger partial charge in [0.15, 0.2) is 0 Å². The molecule has 1 aliphatic heterocycles. The van der Waals surface area contributed by atoms with Crippen LogP contribution in [-0.2, 0) is 10.3 Å². The lowest BCUT2D eigenvalue weighted by Crippen LogP contribution is -2.60. The van der Waals surface area contributed by atoms with Crippen molar-refractivity contribution in [2.24, 2.45) is 29.4 Å². The Labute approximate surface area is 176 Å². The zero-order valence-electron chi connectivity index (χ0n) is 16.7. The normalized spacial score (nSPS) is 40.0. The average molecular weight is 427 g/mol. The van der Waals surface area contributed by atoms with Crippen LogP contribution in [0.2, 0.25) is 0 Å². The molecule has 3 unspecified atom stereocenters. The van der Waals surface area contributed by atoms with E-state index in [4.69, 9.17) is 10.5 Å². The average Bonchev–Trinajstić information content (AvgIpc) is 3.01. The number of alkyl halides is 2. The summed E-state index contributed by atoms with van der Waals surface area (Å²) in [6, 6.07) is 7.83. The highest BCUT2D eigenvalue weighted by Crippen LogP contribution is 2.65. The largest absolute Gasteiger partial charge is 0.373 e. The Morgan fingerprint density at radius 1 is 1.17 bits per heavy atom. The number of halogens is 3. The summed E-state index contributed by atoms with van der Waals surface area (Å²) in [5.41, 5.74) is 6.62. The van der Waals surface area contributed by atoms with Gasteiger partial charge in [0.05, 0.1) is 0 Å². The Morgan fingerprint density at radius 3 is 2.34 bits per heavy atom. The fraction of sp³-hybridized carbons (Fsp3) is 0.682. The molecule has 29 heavy (non-hydrogen) atoms. The number of carbonyl (C=O) groups is 1. The Bertz CT molecular complexity index is 777. The molecule has 1 aromatic carbocycles. The van der Waals surface area contributed by atoms with Crippen molar-refractivity contribution in [2.45, 2.75) is 49.7 Å². The third-order valence-electron chi connectivity index (χ3n) is 8.10. The van der Waals surface area contributed by atoms with Crippen molar-refractivity contribution >= 4 is 18.3 Å². The van der Waals surface area contributed by atoms with Gasteiger partial charge in [-0.2, -0.15) is 0 Å². The van der Waals surface area contributed by atoms with E-state index in [0.717, 1.165) is 37.9 Å². The Kier molecular flexibility index (Phi) is 5.20. The number of primary amides is 1. The first-order valence-corrected chi connectivity index (χ1v) is 10.4. The number of nitrogens with zero attached hydrogens (tertiary/aromatic N) is 1. The number of amides is 1. The molecule has 1 heterocycles. The number of rotatable bonds is 4. The van der Waals surface area contributed by atoms with Gasteiger partial charge in [0.1, 0.15) is 5.60 Å². The molecule has 5 rings (SSSR count). The maximum atomic E-state index is 13.6. The van der Waals surface area contributed by atoms with Gasteiger partial charge in [-0.05, 0) is 43.4 Å². The summed E-state index contributed by atoms with van der Waals surface area (Å²) in [5.74, 6) is -3.02. The monoisotopic (exact) mass is 426 g/mol.